The molecule has 0 saturated heterocycles. The smallest absolute Gasteiger partial charge is 0.253 e. The van der Waals surface area contributed by atoms with Crippen LogP contribution in [0.15, 0.2) is 36.4 Å². The van der Waals surface area contributed by atoms with Crippen molar-refractivity contribution in [2.75, 3.05) is 6.61 Å². The maximum atomic E-state index is 12.3. The Bertz CT molecular complexity index is 760. The SMILES string of the molecule is CCOc1cc2c(cc1CNC(=O)c1ccccc1Cl)OC(C)C2. The summed E-state index contributed by atoms with van der Waals surface area (Å²) in [5.41, 5.74) is 2.50. The number of fused-ring (bicyclic) bond motifs is 1. The standard InChI is InChI=1S/C19H20ClNO3/c1-3-23-17-9-13-8-12(2)24-18(13)10-14(17)11-21-19(22)15-6-4-5-7-16(15)20/h4-7,9-10,12H,3,8,11H2,1-2H3,(H,21,22). The van der Waals surface area contributed by atoms with Gasteiger partial charge in [-0.1, -0.05) is 23.7 Å². The van der Waals surface area contributed by atoms with Crippen LogP contribution in [0.25, 0.3) is 0 Å². The summed E-state index contributed by atoms with van der Waals surface area (Å²) in [5, 5.41) is 3.33. The lowest BCUT2D eigenvalue weighted by Gasteiger charge is -2.13. The molecular weight excluding hydrogens is 326 g/mol. The molecule has 5 heteroatoms. The summed E-state index contributed by atoms with van der Waals surface area (Å²) in [5.74, 6) is 1.44. The van der Waals surface area contributed by atoms with E-state index in [9.17, 15) is 4.79 Å². The molecule has 126 valence electrons. The van der Waals surface area contributed by atoms with Gasteiger partial charge in [0, 0.05) is 24.1 Å². The maximum Gasteiger partial charge on any atom is 0.253 e. The van der Waals surface area contributed by atoms with E-state index >= 15 is 0 Å². The minimum Gasteiger partial charge on any atom is -0.494 e. The molecule has 1 atom stereocenters. The molecule has 24 heavy (non-hydrogen) atoms. The second kappa shape index (κ2) is 7.14. The highest BCUT2D eigenvalue weighted by Crippen LogP contribution is 2.35. The Kier molecular flexibility index (Phi) is 4.95. The van der Waals surface area contributed by atoms with Crippen molar-refractivity contribution < 1.29 is 14.3 Å². The van der Waals surface area contributed by atoms with Crippen molar-refractivity contribution in [1.29, 1.82) is 0 Å². The number of carbonyl (C=O) groups excluding carboxylic acids is 1. The average molecular weight is 346 g/mol. The Labute approximate surface area is 146 Å². The highest BCUT2D eigenvalue weighted by molar-refractivity contribution is 6.33. The van der Waals surface area contributed by atoms with Crippen LogP contribution < -0.4 is 14.8 Å². The van der Waals surface area contributed by atoms with Gasteiger partial charge in [0.25, 0.3) is 5.91 Å². The predicted octanol–water partition coefficient (Wildman–Crippen LogP) is 3.99. The van der Waals surface area contributed by atoms with E-state index in [0.717, 1.165) is 29.0 Å². The van der Waals surface area contributed by atoms with Crippen LogP contribution in [0.3, 0.4) is 0 Å². The van der Waals surface area contributed by atoms with Crippen LogP contribution in [-0.4, -0.2) is 18.6 Å². The lowest BCUT2D eigenvalue weighted by molar-refractivity contribution is 0.0950. The minimum atomic E-state index is -0.210. The molecule has 2 aromatic rings. The Morgan fingerprint density at radius 3 is 2.92 bits per heavy atom. The summed E-state index contributed by atoms with van der Waals surface area (Å²) in [6, 6.07) is 11.0. The van der Waals surface area contributed by atoms with Crippen molar-refractivity contribution in [2.24, 2.45) is 0 Å². The van der Waals surface area contributed by atoms with Crippen LogP contribution in [-0.2, 0) is 13.0 Å². The van der Waals surface area contributed by atoms with Gasteiger partial charge in [0.05, 0.1) is 17.2 Å². The molecule has 1 unspecified atom stereocenters. The molecule has 1 aliphatic heterocycles. The quantitative estimate of drug-likeness (QED) is 0.891. The van der Waals surface area contributed by atoms with Crippen LogP contribution in [0.5, 0.6) is 11.5 Å². The molecule has 2 aromatic carbocycles. The third kappa shape index (κ3) is 3.49. The number of amides is 1. The molecule has 0 saturated carbocycles. The summed E-state index contributed by atoms with van der Waals surface area (Å²) >= 11 is 6.07. The van der Waals surface area contributed by atoms with Gasteiger partial charge in [-0.15, -0.1) is 0 Å². The third-order valence-corrected chi connectivity index (χ3v) is 4.27. The summed E-state index contributed by atoms with van der Waals surface area (Å²) in [6.07, 6.45) is 1.05. The molecule has 1 aliphatic rings. The fourth-order valence-electron chi connectivity index (χ4n) is 2.83. The van der Waals surface area contributed by atoms with Crippen molar-refractivity contribution in [1.82, 2.24) is 5.32 Å². The topological polar surface area (TPSA) is 47.6 Å². The van der Waals surface area contributed by atoms with Gasteiger partial charge in [-0.3, -0.25) is 4.79 Å². The molecular formula is C19H20ClNO3. The van der Waals surface area contributed by atoms with Crippen molar-refractivity contribution in [3.8, 4) is 11.5 Å². The Balaban J connectivity index is 1.78. The van der Waals surface area contributed by atoms with Gasteiger partial charge in [-0.25, -0.2) is 0 Å². The van der Waals surface area contributed by atoms with E-state index in [1.807, 2.05) is 26.0 Å². The van der Waals surface area contributed by atoms with Crippen LogP contribution in [0.1, 0.15) is 35.3 Å². The lowest BCUT2D eigenvalue weighted by atomic mass is 10.1. The third-order valence-electron chi connectivity index (χ3n) is 3.94. The van der Waals surface area contributed by atoms with E-state index in [1.54, 1.807) is 24.3 Å². The minimum absolute atomic E-state index is 0.169. The molecule has 1 N–H and O–H groups in total. The van der Waals surface area contributed by atoms with Gasteiger partial charge >= 0.3 is 0 Å². The summed E-state index contributed by atoms with van der Waals surface area (Å²) in [4.78, 5) is 12.3. The zero-order valence-electron chi connectivity index (χ0n) is 13.8. The highest BCUT2D eigenvalue weighted by Gasteiger charge is 2.22. The number of carbonyl (C=O) groups is 1. The van der Waals surface area contributed by atoms with E-state index in [4.69, 9.17) is 21.1 Å². The van der Waals surface area contributed by atoms with Crippen LogP contribution in [0.4, 0.5) is 0 Å². The van der Waals surface area contributed by atoms with E-state index < -0.39 is 0 Å². The van der Waals surface area contributed by atoms with Crippen molar-refractivity contribution in [3.05, 3.63) is 58.1 Å². The van der Waals surface area contributed by atoms with Crippen molar-refractivity contribution in [2.45, 2.75) is 32.9 Å². The molecule has 1 amide bonds. The van der Waals surface area contributed by atoms with Gasteiger partial charge in [0.2, 0.25) is 0 Å². The summed E-state index contributed by atoms with van der Waals surface area (Å²) < 4.78 is 11.5. The Morgan fingerprint density at radius 2 is 2.17 bits per heavy atom. The average Bonchev–Trinajstić information content (AvgIpc) is 2.92. The van der Waals surface area contributed by atoms with Crippen molar-refractivity contribution >= 4 is 17.5 Å². The fraction of sp³-hybridized carbons (Fsp3) is 0.316. The molecule has 0 spiro atoms. The molecule has 3 rings (SSSR count). The Hall–Kier alpha value is -2.20. The van der Waals surface area contributed by atoms with Crippen LogP contribution in [0.2, 0.25) is 5.02 Å². The van der Waals surface area contributed by atoms with Gasteiger partial charge in [-0.05, 0) is 38.1 Å². The van der Waals surface area contributed by atoms with Crippen molar-refractivity contribution in [3.63, 3.8) is 0 Å². The lowest BCUT2D eigenvalue weighted by Crippen LogP contribution is -2.23. The van der Waals surface area contributed by atoms with Gasteiger partial charge in [0.1, 0.15) is 17.6 Å². The number of ether oxygens (including phenoxy) is 2. The van der Waals surface area contributed by atoms with Gasteiger partial charge < -0.3 is 14.8 Å². The van der Waals surface area contributed by atoms with E-state index in [2.05, 4.69) is 5.32 Å². The predicted molar refractivity (Wildman–Crippen MR) is 94.0 cm³/mol. The first-order valence-electron chi connectivity index (χ1n) is 8.06. The van der Waals surface area contributed by atoms with Gasteiger partial charge in [-0.2, -0.15) is 0 Å². The van der Waals surface area contributed by atoms with Crippen LogP contribution in [0, 0.1) is 0 Å². The zero-order chi connectivity index (χ0) is 17.1. The monoisotopic (exact) mass is 345 g/mol. The fourth-order valence-corrected chi connectivity index (χ4v) is 3.05. The number of hydrogen-bond donors (Lipinski definition) is 1. The first kappa shape index (κ1) is 16.7. The first-order valence-corrected chi connectivity index (χ1v) is 8.44. The molecule has 0 aliphatic carbocycles. The van der Waals surface area contributed by atoms with Crippen LogP contribution >= 0.6 is 11.6 Å². The first-order chi connectivity index (χ1) is 11.6. The molecule has 0 bridgehead atoms. The number of nitrogens with one attached hydrogen (secondary N) is 1. The second-order valence-corrected chi connectivity index (χ2v) is 6.20. The van der Waals surface area contributed by atoms with E-state index in [0.29, 0.717) is 23.7 Å². The second-order valence-electron chi connectivity index (χ2n) is 5.80. The maximum absolute atomic E-state index is 12.3. The summed E-state index contributed by atoms with van der Waals surface area (Å²) in [7, 11) is 0. The molecule has 0 radical (unpaired) electrons. The Morgan fingerprint density at radius 1 is 1.38 bits per heavy atom. The molecule has 4 nitrogen and oxygen atoms in total. The normalized spacial score (nSPS) is 15.5. The number of halogens is 1. The highest BCUT2D eigenvalue weighted by atomic mass is 35.5. The molecule has 0 fully saturated rings. The zero-order valence-corrected chi connectivity index (χ0v) is 14.5. The van der Waals surface area contributed by atoms with E-state index in [-0.39, 0.29) is 12.0 Å². The largest absolute Gasteiger partial charge is 0.494 e. The molecule has 1 heterocycles. The van der Waals surface area contributed by atoms with Gasteiger partial charge in [0.15, 0.2) is 0 Å². The number of benzene rings is 2. The number of hydrogen-bond acceptors (Lipinski definition) is 3. The summed E-state index contributed by atoms with van der Waals surface area (Å²) in [6.45, 7) is 4.91. The molecule has 0 aromatic heterocycles. The van der Waals surface area contributed by atoms with E-state index in [1.165, 1.54) is 0 Å². The number of rotatable bonds is 5.